The van der Waals surface area contributed by atoms with Gasteiger partial charge in [0.05, 0.1) is 35.7 Å². The Labute approximate surface area is 176 Å². The number of pyridine rings is 1. The third kappa shape index (κ3) is 3.55. The Kier molecular flexibility index (Phi) is 5.04. The lowest BCUT2D eigenvalue weighted by molar-refractivity contribution is 0.0977. The third-order valence-corrected chi connectivity index (χ3v) is 6.79. The Bertz CT molecular complexity index is 1280. The van der Waals surface area contributed by atoms with E-state index in [0.717, 1.165) is 5.41 Å². The summed E-state index contributed by atoms with van der Waals surface area (Å²) in [5, 5.41) is 5.23. The molecule has 0 saturated carbocycles. The molecule has 0 aliphatic carbocycles. The number of benzene rings is 1. The highest BCUT2D eigenvalue weighted by Crippen LogP contribution is 2.31. The topological polar surface area (TPSA) is 120 Å². The van der Waals surface area contributed by atoms with E-state index in [-0.39, 0.29) is 22.8 Å². The molecule has 154 valence electrons. The van der Waals surface area contributed by atoms with Crippen LogP contribution in [0.15, 0.2) is 52.6 Å². The second kappa shape index (κ2) is 7.54. The number of hydrogen-bond donors (Lipinski definition) is 1. The highest BCUT2D eigenvalue weighted by Gasteiger charge is 2.34. The standard InChI is InChI=1S/C20H17N3O5S2/c1-28-19-16(9-12-3-2-4-15(18(21)24)17(12)22-19)20(25)23(13-5-7-29-10-13)14-6-8-30(26,27)11-14/h2-10,14H,11H2,1H3,(H2,21,24). The molecule has 3 aromatic rings. The van der Waals surface area contributed by atoms with Crippen LogP contribution < -0.4 is 15.4 Å². The summed E-state index contributed by atoms with van der Waals surface area (Å²) in [7, 11) is -2.01. The van der Waals surface area contributed by atoms with Crippen molar-refractivity contribution in [2.24, 2.45) is 5.73 Å². The summed E-state index contributed by atoms with van der Waals surface area (Å²) in [5.74, 6) is -1.29. The summed E-state index contributed by atoms with van der Waals surface area (Å²) >= 11 is 1.39. The van der Waals surface area contributed by atoms with Crippen LogP contribution in [0.2, 0.25) is 0 Å². The number of fused-ring (bicyclic) bond motifs is 1. The number of methoxy groups -OCH3 is 1. The van der Waals surface area contributed by atoms with Gasteiger partial charge in [0.2, 0.25) is 5.88 Å². The number of nitrogens with two attached hydrogens (primary N) is 1. The molecule has 1 aliphatic heterocycles. The van der Waals surface area contributed by atoms with Crippen molar-refractivity contribution in [1.29, 1.82) is 0 Å². The first-order valence-electron chi connectivity index (χ1n) is 8.85. The molecule has 4 rings (SSSR count). The van der Waals surface area contributed by atoms with Gasteiger partial charge in [0.15, 0.2) is 9.84 Å². The van der Waals surface area contributed by atoms with Gasteiger partial charge >= 0.3 is 0 Å². The van der Waals surface area contributed by atoms with Crippen molar-refractivity contribution in [1.82, 2.24) is 4.98 Å². The van der Waals surface area contributed by atoms with E-state index in [1.165, 1.54) is 29.4 Å². The van der Waals surface area contributed by atoms with Gasteiger partial charge in [0.25, 0.3) is 11.8 Å². The van der Waals surface area contributed by atoms with E-state index in [9.17, 15) is 18.0 Å². The minimum Gasteiger partial charge on any atom is -0.480 e. The SMILES string of the molecule is COc1nc2c(C(N)=O)cccc2cc1C(=O)N(c1ccsc1)C1C=CS(=O)(=O)C1. The van der Waals surface area contributed by atoms with Crippen LogP contribution in [0.1, 0.15) is 20.7 Å². The van der Waals surface area contributed by atoms with Gasteiger partial charge in [0.1, 0.15) is 5.56 Å². The molecule has 1 aliphatic rings. The number of anilines is 1. The van der Waals surface area contributed by atoms with Crippen molar-refractivity contribution in [3.63, 3.8) is 0 Å². The molecule has 1 atom stereocenters. The number of aromatic nitrogens is 1. The van der Waals surface area contributed by atoms with Crippen molar-refractivity contribution in [3.05, 3.63) is 63.7 Å². The number of carbonyl (C=O) groups is 2. The molecule has 2 amide bonds. The minimum absolute atomic E-state index is 0.0197. The van der Waals surface area contributed by atoms with Crippen molar-refractivity contribution in [2.75, 3.05) is 17.8 Å². The first-order chi connectivity index (χ1) is 14.3. The summed E-state index contributed by atoms with van der Waals surface area (Å²) in [6, 6.07) is 7.56. The highest BCUT2D eigenvalue weighted by atomic mass is 32.2. The van der Waals surface area contributed by atoms with Gasteiger partial charge in [-0.1, -0.05) is 12.1 Å². The van der Waals surface area contributed by atoms with E-state index in [0.29, 0.717) is 16.6 Å². The molecule has 30 heavy (non-hydrogen) atoms. The monoisotopic (exact) mass is 443 g/mol. The van der Waals surface area contributed by atoms with Gasteiger partial charge in [-0.05, 0) is 29.7 Å². The smallest absolute Gasteiger partial charge is 0.264 e. The molecule has 0 spiro atoms. The molecule has 0 radical (unpaired) electrons. The predicted octanol–water partition coefficient (Wildman–Crippen LogP) is 2.36. The van der Waals surface area contributed by atoms with Crippen molar-refractivity contribution in [3.8, 4) is 5.88 Å². The predicted molar refractivity (Wildman–Crippen MR) is 115 cm³/mol. The molecule has 10 heteroatoms. The Balaban J connectivity index is 1.86. The summed E-state index contributed by atoms with van der Waals surface area (Å²) < 4.78 is 29.3. The zero-order chi connectivity index (χ0) is 21.5. The van der Waals surface area contributed by atoms with E-state index < -0.39 is 27.7 Å². The van der Waals surface area contributed by atoms with E-state index in [1.54, 1.807) is 41.1 Å². The van der Waals surface area contributed by atoms with Crippen LogP contribution in [0.25, 0.3) is 10.9 Å². The lowest BCUT2D eigenvalue weighted by Crippen LogP contribution is -2.41. The third-order valence-electron chi connectivity index (χ3n) is 4.75. The van der Waals surface area contributed by atoms with Gasteiger partial charge in [-0.15, -0.1) is 0 Å². The van der Waals surface area contributed by atoms with Crippen LogP contribution in [-0.2, 0) is 9.84 Å². The van der Waals surface area contributed by atoms with Gasteiger partial charge in [-0.2, -0.15) is 11.3 Å². The van der Waals surface area contributed by atoms with Gasteiger partial charge < -0.3 is 10.5 Å². The van der Waals surface area contributed by atoms with Gasteiger partial charge in [-0.3, -0.25) is 14.5 Å². The number of rotatable bonds is 5. The minimum atomic E-state index is -3.38. The highest BCUT2D eigenvalue weighted by molar-refractivity contribution is 7.94. The van der Waals surface area contributed by atoms with Crippen LogP contribution in [-0.4, -0.2) is 44.1 Å². The van der Waals surface area contributed by atoms with Crippen LogP contribution in [0.5, 0.6) is 5.88 Å². The number of thiophene rings is 1. The lowest BCUT2D eigenvalue weighted by atomic mass is 10.1. The lowest BCUT2D eigenvalue weighted by Gasteiger charge is -2.27. The van der Waals surface area contributed by atoms with Crippen LogP contribution in [0, 0.1) is 0 Å². The number of nitrogens with zero attached hydrogens (tertiary/aromatic N) is 2. The number of amides is 2. The fourth-order valence-electron chi connectivity index (χ4n) is 3.39. The zero-order valence-electron chi connectivity index (χ0n) is 15.8. The normalized spacial score (nSPS) is 17.2. The van der Waals surface area contributed by atoms with E-state index >= 15 is 0 Å². The molecule has 0 bridgehead atoms. The Hall–Kier alpha value is -3.24. The fourth-order valence-corrected chi connectivity index (χ4v) is 5.29. The molecule has 1 unspecified atom stereocenters. The number of sulfone groups is 1. The molecule has 0 fully saturated rings. The first kappa shape index (κ1) is 20.0. The summed E-state index contributed by atoms with van der Waals surface area (Å²) in [5.41, 5.74) is 6.69. The molecule has 8 nitrogen and oxygen atoms in total. The number of para-hydroxylation sites is 1. The van der Waals surface area contributed by atoms with Crippen molar-refractivity contribution in [2.45, 2.75) is 6.04 Å². The average Bonchev–Trinajstić information content (AvgIpc) is 3.36. The largest absolute Gasteiger partial charge is 0.480 e. The van der Waals surface area contributed by atoms with E-state index in [2.05, 4.69) is 4.98 Å². The maximum Gasteiger partial charge on any atom is 0.264 e. The zero-order valence-corrected chi connectivity index (χ0v) is 17.4. The summed E-state index contributed by atoms with van der Waals surface area (Å²) in [4.78, 5) is 31.1. The second-order valence-electron chi connectivity index (χ2n) is 6.67. The number of hydrogen-bond acceptors (Lipinski definition) is 7. The maximum atomic E-state index is 13.6. The Morgan fingerprint density at radius 2 is 2.07 bits per heavy atom. The fraction of sp³-hybridized carbons (Fsp3) is 0.150. The van der Waals surface area contributed by atoms with E-state index in [1.807, 2.05) is 0 Å². The van der Waals surface area contributed by atoms with Crippen LogP contribution in [0.3, 0.4) is 0 Å². The van der Waals surface area contributed by atoms with Gasteiger partial charge in [-0.25, -0.2) is 13.4 Å². The number of carbonyl (C=O) groups excluding carboxylic acids is 2. The van der Waals surface area contributed by atoms with E-state index in [4.69, 9.17) is 10.5 Å². The van der Waals surface area contributed by atoms with Crippen molar-refractivity contribution >= 4 is 49.6 Å². The molecular formula is C20H17N3O5S2. The van der Waals surface area contributed by atoms with Crippen LogP contribution >= 0.6 is 11.3 Å². The molecule has 1 aromatic carbocycles. The first-order valence-corrected chi connectivity index (χ1v) is 11.5. The summed E-state index contributed by atoms with van der Waals surface area (Å²) in [6.45, 7) is 0. The molecule has 2 aromatic heterocycles. The van der Waals surface area contributed by atoms with Crippen LogP contribution in [0.4, 0.5) is 5.69 Å². The molecule has 3 heterocycles. The van der Waals surface area contributed by atoms with Crippen molar-refractivity contribution < 1.29 is 22.7 Å². The number of ether oxygens (including phenoxy) is 1. The van der Waals surface area contributed by atoms with Gasteiger partial charge in [0, 0.05) is 16.2 Å². The second-order valence-corrected chi connectivity index (χ2v) is 9.38. The molecule has 2 N–H and O–H groups in total. The number of primary amides is 1. The Morgan fingerprint density at radius 1 is 1.27 bits per heavy atom. The molecule has 0 saturated heterocycles. The quantitative estimate of drug-likeness (QED) is 0.646. The Morgan fingerprint density at radius 3 is 2.67 bits per heavy atom. The molecular weight excluding hydrogens is 426 g/mol. The summed E-state index contributed by atoms with van der Waals surface area (Å²) in [6.07, 6.45) is 1.50. The average molecular weight is 444 g/mol. The maximum absolute atomic E-state index is 13.6.